The molecule has 0 radical (unpaired) electrons. The summed E-state index contributed by atoms with van der Waals surface area (Å²) in [6.45, 7) is 0.947. The number of aliphatic hydroxyl groups excluding tert-OH is 1. The molecule has 0 aliphatic heterocycles. The number of unbranched alkanes of at least 4 members (excludes halogenated alkanes) is 1. The minimum absolute atomic E-state index is 0.0549. The molecule has 0 aromatic heterocycles. The fraction of sp³-hybridized carbons (Fsp3) is 0.677. The van der Waals surface area contributed by atoms with E-state index in [1.165, 1.54) is 6.92 Å². The number of nitrogens with two attached hydrogens (primary N) is 5. The first-order chi connectivity index (χ1) is 26.7. The number of hydrogen-bond acceptors (Lipinski definition) is 14. The van der Waals surface area contributed by atoms with Crippen LogP contribution in [0.15, 0.2) is 0 Å². The molecule has 0 fully saturated rings. The number of aliphatic hydroxyl groups is 1. The molecule has 0 aromatic rings. The van der Waals surface area contributed by atoms with E-state index < -0.39 is 103 Å². The summed E-state index contributed by atoms with van der Waals surface area (Å²) in [7, 11) is 0. The number of carboxylic acids is 1. The Labute approximate surface area is 334 Å². The summed E-state index contributed by atoms with van der Waals surface area (Å²) in [5.41, 5.74) is 27.1. The van der Waals surface area contributed by atoms with Crippen LogP contribution in [0.5, 0.6) is 0 Å². The molecule has 0 aliphatic rings. The normalized spacial score (nSPS) is 14.4. The van der Waals surface area contributed by atoms with Crippen molar-refractivity contribution < 1.29 is 48.6 Å². The Morgan fingerprint density at radius 3 is 1.58 bits per heavy atom. The van der Waals surface area contributed by atoms with Gasteiger partial charge >= 0.3 is 5.97 Å². The lowest BCUT2D eigenvalue weighted by Crippen LogP contribution is -2.61. The highest BCUT2D eigenvalue weighted by Crippen LogP contribution is 2.07. The molecule has 0 unspecified atom stereocenters. The summed E-state index contributed by atoms with van der Waals surface area (Å²) in [4.78, 5) is 101. The monoisotopic (exact) mass is 833 g/mol. The van der Waals surface area contributed by atoms with Crippen molar-refractivity contribution in [1.29, 1.82) is 10.8 Å². The standard InChI is InChI=1S/C31H59N15O10S/c1-15(47)23(28(54)45-17(7-4-10-39-30(35)36)25(51)41-13-22(49)42-20(14-57)29(55)56)46-27(53)19(8-5-11-40-31(37)38)44-26(52)18(6-2-3-9-32)43-24(50)16(33)12-21(34)48/h15-20,23,47,57H,2-14,32-33H2,1H3,(H2,34,48)(H,41,51)(H,42,49)(H,43,50)(H,44,52)(H,45,54)(H,46,53)(H,55,56)(H4,35,36,39)(H4,37,38,40)/t15-,16+,17+,18+,19+,20+,23+/m1/s1. The largest absolute Gasteiger partial charge is 0.480 e. The zero-order chi connectivity index (χ0) is 43.7. The lowest BCUT2D eigenvalue weighted by atomic mass is 10.0. The lowest BCUT2D eigenvalue weighted by molar-refractivity contribution is -0.141. The smallest absolute Gasteiger partial charge is 0.327 e. The summed E-state index contributed by atoms with van der Waals surface area (Å²) in [5, 5.41) is 53.7. The molecule has 7 amide bonds. The Hall–Kier alpha value is -5.47. The van der Waals surface area contributed by atoms with Crippen molar-refractivity contribution in [2.75, 3.05) is 31.9 Å². The molecule has 0 saturated carbocycles. The molecule has 324 valence electrons. The number of carboxylic acid groups (broad SMARTS) is 1. The second kappa shape index (κ2) is 28.0. The predicted molar refractivity (Wildman–Crippen MR) is 209 cm³/mol. The molecule has 57 heavy (non-hydrogen) atoms. The van der Waals surface area contributed by atoms with Crippen LogP contribution in [-0.2, 0) is 38.4 Å². The van der Waals surface area contributed by atoms with Crippen LogP contribution in [0.25, 0.3) is 0 Å². The number of aliphatic carboxylic acids is 1. The first-order valence-electron chi connectivity index (χ1n) is 17.9. The van der Waals surface area contributed by atoms with Crippen LogP contribution in [0, 0.1) is 10.8 Å². The van der Waals surface area contributed by atoms with E-state index in [9.17, 15) is 43.5 Å². The van der Waals surface area contributed by atoms with Gasteiger partial charge in [0, 0.05) is 18.8 Å². The zero-order valence-electron chi connectivity index (χ0n) is 31.7. The molecule has 0 spiro atoms. The van der Waals surface area contributed by atoms with Gasteiger partial charge in [-0.15, -0.1) is 0 Å². The first kappa shape index (κ1) is 51.5. The Balaban J connectivity index is 6.23. The van der Waals surface area contributed by atoms with Gasteiger partial charge in [0.1, 0.15) is 30.2 Å². The van der Waals surface area contributed by atoms with Crippen LogP contribution in [0.3, 0.4) is 0 Å². The van der Waals surface area contributed by atoms with Gasteiger partial charge in [-0.25, -0.2) is 4.79 Å². The highest BCUT2D eigenvalue weighted by molar-refractivity contribution is 7.80. The zero-order valence-corrected chi connectivity index (χ0v) is 32.6. The van der Waals surface area contributed by atoms with Gasteiger partial charge in [0.05, 0.1) is 25.1 Å². The highest BCUT2D eigenvalue weighted by Gasteiger charge is 2.34. The van der Waals surface area contributed by atoms with E-state index in [2.05, 4.69) is 55.2 Å². The molecular formula is C31H59N15O10S. The van der Waals surface area contributed by atoms with E-state index >= 15 is 0 Å². The van der Waals surface area contributed by atoms with E-state index in [1.807, 2.05) is 0 Å². The fourth-order valence-corrected chi connectivity index (χ4v) is 5.11. The third kappa shape index (κ3) is 22.6. The Morgan fingerprint density at radius 2 is 1.12 bits per heavy atom. The van der Waals surface area contributed by atoms with Crippen molar-refractivity contribution in [3.8, 4) is 0 Å². The van der Waals surface area contributed by atoms with Gasteiger partial charge in [-0.3, -0.25) is 44.4 Å². The van der Waals surface area contributed by atoms with E-state index in [0.717, 1.165) is 0 Å². The summed E-state index contributed by atoms with van der Waals surface area (Å²) in [6, 6.07) is -8.48. The average molecular weight is 834 g/mol. The van der Waals surface area contributed by atoms with Crippen LogP contribution in [-0.4, -0.2) is 144 Å². The molecule has 22 N–H and O–H groups in total. The van der Waals surface area contributed by atoms with E-state index in [4.69, 9.17) is 44.6 Å². The molecule has 0 heterocycles. The minimum atomic E-state index is -1.72. The van der Waals surface area contributed by atoms with Crippen LogP contribution in [0.1, 0.15) is 58.3 Å². The van der Waals surface area contributed by atoms with E-state index in [0.29, 0.717) is 12.8 Å². The van der Waals surface area contributed by atoms with Crippen molar-refractivity contribution in [2.45, 2.75) is 101 Å². The van der Waals surface area contributed by atoms with Gasteiger partial charge in [0.15, 0.2) is 11.9 Å². The second-order valence-electron chi connectivity index (χ2n) is 12.8. The number of nitrogens with one attached hydrogen (secondary N) is 10. The third-order valence-electron chi connectivity index (χ3n) is 7.88. The summed E-state index contributed by atoms with van der Waals surface area (Å²) in [5.74, 6) is -8.65. The van der Waals surface area contributed by atoms with E-state index in [1.54, 1.807) is 0 Å². The van der Waals surface area contributed by atoms with Crippen LogP contribution in [0.4, 0.5) is 0 Å². The van der Waals surface area contributed by atoms with Gasteiger partial charge < -0.3 is 81.4 Å². The lowest BCUT2D eigenvalue weighted by Gasteiger charge is -2.28. The minimum Gasteiger partial charge on any atom is -0.480 e. The van der Waals surface area contributed by atoms with Gasteiger partial charge in [-0.05, 0) is 58.4 Å². The van der Waals surface area contributed by atoms with Crippen molar-refractivity contribution >= 4 is 71.9 Å². The van der Waals surface area contributed by atoms with Crippen LogP contribution < -0.4 is 71.2 Å². The number of guanidine groups is 2. The SMILES string of the molecule is C[C@@H](O)[C@H](NC(=O)[C@H](CCCNC(=N)N)NC(=O)[C@H](CCCCN)NC(=O)[C@@H](N)CC(N)=O)C(=O)N[C@@H](CCCNC(=N)N)C(=O)NCC(=O)N[C@@H](CS)C(=O)O. The first-order valence-corrected chi connectivity index (χ1v) is 18.6. The topological polar surface area (TPSA) is 451 Å². The van der Waals surface area contributed by atoms with Gasteiger partial charge in [-0.2, -0.15) is 12.6 Å². The third-order valence-corrected chi connectivity index (χ3v) is 8.24. The van der Waals surface area contributed by atoms with E-state index in [-0.39, 0.29) is 69.4 Å². The molecule has 0 rings (SSSR count). The Morgan fingerprint density at radius 1 is 0.649 bits per heavy atom. The number of primary amides is 1. The van der Waals surface area contributed by atoms with Crippen molar-refractivity contribution in [2.24, 2.45) is 28.7 Å². The number of hydrogen-bond donors (Lipinski definition) is 18. The van der Waals surface area contributed by atoms with Crippen molar-refractivity contribution in [3.05, 3.63) is 0 Å². The quantitative estimate of drug-likeness (QED) is 0.0144. The summed E-state index contributed by atoms with van der Waals surface area (Å²) in [6.07, 6.45) is -1.11. The second-order valence-corrected chi connectivity index (χ2v) is 13.2. The Kier molecular flexibility index (Phi) is 25.3. The van der Waals surface area contributed by atoms with Crippen LogP contribution in [0.2, 0.25) is 0 Å². The van der Waals surface area contributed by atoms with Crippen LogP contribution >= 0.6 is 12.6 Å². The number of thiol groups is 1. The number of carbonyl (C=O) groups is 8. The maximum Gasteiger partial charge on any atom is 0.327 e. The number of amides is 7. The van der Waals surface area contributed by atoms with Crippen molar-refractivity contribution in [1.82, 2.24) is 42.5 Å². The average Bonchev–Trinajstić information content (AvgIpc) is 3.12. The Bertz CT molecular complexity index is 1410. The van der Waals surface area contributed by atoms with Gasteiger partial charge in [0.25, 0.3) is 0 Å². The molecule has 0 aliphatic carbocycles. The summed E-state index contributed by atoms with van der Waals surface area (Å²) < 4.78 is 0. The molecule has 25 nitrogen and oxygen atoms in total. The number of carbonyl (C=O) groups excluding carboxylic acids is 7. The molecule has 26 heteroatoms. The maximum absolute atomic E-state index is 13.7. The fourth-order valence-electron chi connectivity index (χ4n) is 4.86. The van der Waals surface area contributed by atoms with Gasteiger partial charge in [0.2, 0.25) is 41.4 Å². The van der Waals surface area contributed by atoms with Gasteiger partial charge in [-0.1, -0.05) is 0 Å². The molecule has 0 aromatic carbocycles. The summed E-state index contributed by atoms with van der Waals surface area (Å²) >= 11 is 3.86. The van der Waals surface area contributed by atoms with Crippen molar-refractivity contribution in [3.63, 3.8) is 0 Å². The molecule has 0 bridgehead atoms. The molecular weight excluding hydrogens is 775 g/mol. The maximum atomic E-state index is 13.7. The predicted octanol–water partition coefficient (Wildman–Crippen LogP) is -7.22. The molecule has 0 saturated heterocycles. The molecule has 7 atom stereocenters. The number of rotatable bonds is 29. The highest BCUT2D eigenvalue weighted by atomic mass is 32.1.